The molecule has 0 aliphatic heterocycles. The molecule has 4 aromatic rings. The SMILES string of the molecule is Cc1occc1-c1nnc(SCC(=O)NC(C)c2ccc(-c3ccccc3)cc2)n1C. The van der Waals surface area contributed by atoms with Crippen molar-refractivity contribution in [3.05, 3.63) is 78.3 Å². The molecule has 0 saturated heterocycles. The van der Waals surface area contributed by atoms with Crippen LogP contribution in [0.5, 0.6) is 0 Å². The quantitative estimate of drug-likeness (QED) is 0.415. The Kier molecular flexibility index (Phi) is 6.23. The first-order valence-corrected chi connectivity index (χ1v) is 11.0. The Morgan fingerprint density at radius 1 is 1.06 bits per heavy atom. The maximum absolute atomic E-state index is 12.5. The number of nitrogens with zero attached hydrogens (tertiary/aromatic N) is 3. The van der Waals surface area contributed by atoms with E-state index >= 15 is 0 Å². The zero-order valence-corrected chi connectivity index (χ0v) is 18.5. The van der Waals surface area contributed by atoms with Gasteiger partial charge in [-0.15, -0.1) is 10.2 Å². The van der Waals surface area contributed by atoms with Gasteiger partial charge in [-0.05, 0) is 36.6 Å². The second-order valence-electron chi connectivity index (χ2n) is 7.32. The molecule has 31 heavy (non-hydrogen) atoms. The number of furan rings is 1. The van der Waals surface area contributed by atoms with Crippen molar-refractivity contribution >= 4 is 17.7 Å². The molecule has 0 fully saturated rings. The molecule has 0 spiro atoms. The average Bonchev–Trinajstić information content (AvgIpc) is 3.37. The highest BCUT2D eigenvalue weighted by atomic mass is 32.2. The summed E-state index contributed by atoms with van der Waals surface area (Å²) in [6.45, 7) is 3.88. The number of rotatable bonds is 7. The molecule has 4 rings (SSSR count). The number of carbonyl (C=O) groups is 1. The first-order chi connectivity index (χ1) is 15.0. The lowest BCUT2D eigenvalue weighted by Crippen LogP contribution is -2.28. The van der Waals surface area contributed by atoms with Gasteiger partial charge in [0.05, 0.1) is 23.6 Å². The molecule has 0 aliphatic rings. The molecule has 0 saturated carbocycles. The van der Waals surface area contributed by atoms with Crippen LogP contribution >= 0.6 is 11.8 Å². The molecule has 1 unspecified atom stereocenters. The molecule has 2 aromatic carbocycles. The predicted octanol–water partition coefficient (Wildman–Crippen LogP) is 5.02. The molecule has 158 valence electrons. The highest BCUT2D eigenvalue weighted by molar-refractivity contribution is 7.99. The van der Waals surface area contributed by atoms with Crippen molar-refractivity contribution in [3.8, 4) is 22.5 Å². The fraction of sp³-hybridized carbons (Fsp3) is 0.208. The summed E-state index contributed by atoms with van der Waals surface area (Å²) in [5.74, 6) is 1.73. The summed E-state index contributed by atoms with van der Waals surface area (Å²) in [6.07, 6.45) is 1.63. The minimum Gasteiger partial charge on any atom is -0.469 e. The van der Waals surface area contributed by atoms with E-state index in [-0.39, 0.29) is 17.7 Å². The van der Waals surface area contributed by atoms with E-state index in [1.807, 2.05) is 49.7 Å². The van der Waals surface area contributed by atoms with E-state index in [1.54, 1.807) is 6.26 Å². The van der Waals surface area contributed by atoms with Crippen molar-refractivity contribution in [1.82, 2.24) is 20.1 Å². The Morgan fingerprint density at radius 3 is 2.45 bits per heavy atom. The number of hydrogen-bond donors (Lipinski definition) is 1. The van der Waals surface area contributed by atoms with Crippen LogP contribution in [0.4, 0.5) is 0 Å². The molecule has 0 bridgehead atoms. The Morgan fingerprint density at radius 2 is 1.77 bits per heavy atom. The Hall–Kier alpha value is -3.32. The number of aromatic nitrogens is 3. The molecule has 0 radical (unpaired) electrons. The Balaban J connectivity index is 1.34. The minimum atomic E-state index is -0.0819. The van der Waals surface area contributed by atoms with Gasteiger partial charge >= 0.3 is 0 Å². The molecule has 1 N–H and O–H groups in total. The van der Waals surface area contributed by atoms with Gasteiger partial charge in [-0.25, -0.2) is 0 Å². The van der Waals surface area contributed by atoms with Crippen LogP contribution in [-0.2, 0) is 11.8 Å². The smallest absolute Gasteiger partial charge is 0.230 e. The first-order valence-electron chi connectivity index (χ1n) is 10.0. The molecular formula is C24H24N4O2S. The zero-order valence-electron chi connectivity index (χ0n) is 17.7. The maximum Gasteiger partial charge on any atom is 0.230 e. The molecule has 1 amide bonds. The van der Waals surface area contributed by atoms with Crippen molar-refractivity contribution in [2.45, 2.75) is 25.0 Å². The van der Waals surface area contributed by atoms with E-state index in [0.29, 0.717) is 5.16 Å². The van der Waals surface area contributed by atoms with Crippen LogP contribution in [0.15, 0.2) is 76.5 Å². The second kappa shape index (κ2) is 9.22. The summed E-state index contributed by atoms with van der Waals surface area (Å²) in [6, 6.07) is 20.3. The third-order valence-corrected chi connectivity index (χ3v) is 6.18. The van der Waals surface area contributed by atoms with Crippen molar-refractivity contribution in [2.24, 2.45) is 7.05 Å². The van der Waals surface area contributed by atoms with E-state index in [9.17, 15) is 4.79 Å². The predicted molar refractivity (Wildman–Crippen MR) is 123 cm³/mol. The number of amides is 1. The zero-order chi connectivity index (χ0) is 21.8. The number of benzene rings is 2. The van der Waals surface area contributed by atoms with Crippen molar-refractivity contribution in [1.29, 1.82) is 0 Å². The van der Waals surface area contributed by atoms with Crippen LogP contribution in [0.1, 0.15) is 24.3 Å². The molecule has 0 aliphatic carbocycles. The van der Waals surface area contributed by atoms with E-state index in [2.05, 4.69) is 51.9 Å². The number of carbonyl (C=O) groups excluding carboxylic acids is 1. The van der Waals surface area contributed by atoms with Gasteiger partial charge in [-0.2, -0.15) is 0 Å². The van der Waals surface area contributed by atoms with Gasteiger partial charge < -0.3 is 14.3 Å². The van der Waals surface area contributed by atoms with Crippen molar-refractivity contribution < 1.29 is 9.21 Å². The third-order valence-electron chi connectivity index (χ3n) is 5.16. The number of thioether (sulfide) groups is 1. The molecule has 2 aromatic heterocycles. The molecule has 2 heterocycles. The highest BCUT2D eigenvalue weighted by Gasteiger charge is 2.16. The molecule has 7 heteroatoms. The van der Waals surface area contributed by atoms with E-state index in [0.717, 1.165) is 28.3 Å². The average molecular weight is 433 g/mol. The fourth-order valence-electron chi connectivity index (χ4n) is 3.38. The summed E-state index contributed by atoms with van der Waals surface area (Å²) in [4.78, 5) is 12.5. The van der Waals surface area contributed by atoms with Gasteiger partial charge in [0.2, 0.25) is 5.91 Å². The molecular weight excluding hydrogens is 408 g/mol. The van der Waals surface area contributed by atoms with Gasteiger partial charge in [0.15, 0.2) is 11.0 Å². The number of nitrogens with one attached hydrogen (secondary N) is 1. The van der Waals surface area contributed by atoms with E-state index < -0.39 is 0 Å². The van der Waals surface area contributed by atoms with Gasteiger partial charge in [0, 0.05) is 7.05 Å². The molecule has 6 nitrogen and oxygen atoms in total. The van der Waals surface area contributed by atoms with Crippen LogP contribution in [0.25, 0.3) is 22.5 Å². The fourth-order valence-corrected chi connectivity index (χ4v) is 4.11. The highest BCUT2D eigenvalue weighted by Crippen LogP contribution is 2.26. The number of aryl methyl sites for hydroxylation is 1. The minimum absolute atomic E-state index is 0.0475. The van der Waals surface area contributed by atoms with Crippen molar-refractivity contribution in [2.75, 3.05) is 5.75 Å². The van der Waals surface area contributed by atoms with Crippen LogP contribution in [-0.4, -0.2) is 26.4 Å². The topological polar surface area (TPSA) is 72.9 Å². The molecule has 1 atom stereocenters. The first kappa shape index (κ1) is 20.9. The largest absolute Gasteiger partial charge is 0.469 e. The van der Waals surface area contributed by atoms with E-state index in [4.69, 9.17) is 4.42 Å². The van der Waals surface area contributed by atoms with E-state index in [1.165, 1.54) is 17.3 Å². The van der Waals surface area contributed by atoms with Gasteiger partial charge in [0.25, 0.3) is 0 Å². The Bertz CT molecular complexity index is 1170. The van der Waals surface area contributed by atoms with Gasteiger partial charge in [-0.1, -0.05) is 66.4 Å². The maximum atomic E-state index is 12.5. The Labute approximate surface area is 185 Å². The summed E-state index contributed by atoms with van der Waals surface area (Å²) < 4.78 is 7.22. The number of hydrogen-bond acceptors (Lipinski definition) is 5. The summed E-state index contributed by atoms with van der Waals surface area (Å²) in [5, 5.41) is 12.2. The standard InChI is InChI=1S/C24H24N4O2S/c1-16(18-9-11-20(12-10-18)19-7-5-4-6-8-19)25-22(29)15-31-24-27-26-23(28(24)3)21-13-14-30-17(21)2/h4-14,16H,15H2,1-3H3,(H,25,29). The summed E-state index contributed by atoms with van der Waals surface area (Å²) in [5.41, 5.74) is 4.30. The van der Waals surface area contributed by atoms with Crippen LogP contribution in [0, 0.1) is 6.92 Å². The van der Waals surface area contributed by atoms with Gasteiger partial charge in [-0.3, -0.25) is 4.79 Å². The lowest BCUT2D eigenvalue weighted by molar-refractivity contribution is -0.119. The normalized spacial score (nSPS) is 12.0. The van der Waals surface area contributed by atoms with Crippen molar-refractivity contribution in [3.63, 3.8) is 0 Å². The third kappa shape index (κ3) is 4.72. The lowest BCUT2D eigenvalue weighted by Gasteiger charge is -2.15. The van der Waals surface area contributed by atoms with Crippen LogP contribution in [0.3, 0.4) is 0 Å². The van der Waals surface area contributed by atoms with Crippen LogP contribution in [0.2, 0.25) is 0 Å². The lowest BCUT2D eigenvalue weighted by atomic mass is 10.0. The summed E-state index contributed by atoms with van der Waals surface area (Å²) in [7, 11) is 1.89. The van der Waals surface area contributed by atoms with Gasteiger partial charge in [0.1, 0.15) is 5.76 Å². The van der Waals surface area contributed by atoms with Crippen LogP contribution < -0.4 is 5.32 Å². The second-order valence-corrected chi connectivity index (χ2v) is 8.26. The monoisotopic (exact) mass is 432 g/mol. The summed E-state index contributed by atoms with van der Waals surface area (Å²) >= 11 is 1.36.